The molecule has 0 spiro atoms. The number of carboxylic acids is 1. The molecule has 6 heteroatoms. The molecule has 0 radical (unpaired) electrons. The lowest BCUT2D eigenvalue weighted by atomic mass is 10.1. The van der Waals surface area contributed by atoms with Crippen LogP contribution in [0.4, 0.5) is 5.69 Å². The third-order valence-corrected chi connectivity index (χ3v) is 2.00. The van der Waals surface area contributed by atoms with Crippen molar-refractivity contribution in [1.82, 2.24) is 0 Å². The van der Waals surface area contributed by atoms with Crippen molar-refractivity contribution >= 4 is 27.9 Å². The van der Waals surface area contributed by atoms with Gasteiger partial charge in [-0.3, -0.25) is 0 Å². The minimum atomic E-state index is -1.11. The Bertz CT molecular complexity index is 367. The first kappa shape index (κ1) is 10.6. The number of hydrogen-bond acceptors (Lipinski definition) is 4. The van der Waals surface area contributed by atoms with Crippen LogP contribution < -0.4 is 14.3 Å². The molecule has 1 rings (SSSR count). The van der Waals surface area contributed by atoms with E-state index in [1.54, 1.807) is 0 Å². The summed E-state index contributed by atoms with van der Waals surface area (Å²) < 4.78 is 9.67. The monoisotopic (exact) mass is 261 g/mol. The second-order valence-electron chi connectivity index (χ2n) is 2.47. The Morgan fingerprint density at radius 1 is 1.50 bits per heavy atom. The summed E-state index contributed by atoms with van der Waals surface area (Å²) in [7, 11) is 1.41. The molecule has 0 aliphatic rings. The van der Waals surface area contributed by atoms with Crippen molar-refractivity contribution in [1.29, 1.82) is 0 Å². The molecule has 76 valence electrons. The second-order valence-corrected chi connectivity index (χ2v) is 2.80. The van der Waals surface area contributed by atoms with Crippen molar-refractivity contribution in [2.45, 2.75) is 0 Å². The number of benzene rings is 1. The Labute approximate surface area is 88.9 Å². The molecule has 0 fully saturated rings. The summed E-state index contributed by atoms with van der Waals surface area (Å²) in [5, 5.41) is 8.76. The average molecular weight is 262 g/mol. The summed E-state index contributed by atoms with van der Waals surface area (Å²) in [6.45, 7) is 0. The molecule has 3 N–H and O–H groups in total. The summed E-state index contributed by atoms with van der Waals surface area (Å²) in [6.07, 6.45) is 0. The number of methoxy groups -OCH3 is 1. The van der Waals surface area contributed by atoms with Gasteiger partial charge >= 0.3 is 5.97 Å². The van der Waals surface area contributed by atoms with Gasteiger partial charge in [-0.15, -0.1) is 0 Å². The Kier molecular flexibility index (Phi) is 3.19. The first-order valence-corrected chi connectivity index (χ1v) is 4.24. The van der Waals surface area contributed by atoms with E-state index in [-0.39, 0.29) is 11.3 Å². The SMILES string of the molecule is COc1cc(C(=O)O)c(N)cc1OBr. The highest BCUT2D eigenvalue weighted by Gasteiger charge is 2.14. The number of aromatic carboxylic acids is 1. The summed E-state index contributed by atoms with van der Waals surface area (Å²) in [4.78, 5) is 10.7. The molecule has 0 aromatic heterocycles. The van der Waals surface area contributed by atoms with E-state index >= 15 is 0 Å². The van der Waals surface area contributed by atoms with Gasteiger partial charge in [0, 0.05) is 12.1 Å². The maximum absolute atomic E-state index is 10.7. The number of carbonyl (C=O) groups is 1. The van der Waals surface area contributed by atoms with E-state index in [2.05, 4.69) is 16.3 Å². The number of hydrogen-bond donors (Lipinski definition) is 2. The lowest BCUT2D eigenvalue weighted by Crippen LogP contribution is -2.03. The van der Waals surface area contributed by atoms with Crippen LogP contribution in [0.1, 0.15) is 10.4 Å². The molecule has 5 nitrogen and oxygen atoms in total. The van der Waals surface area contributed by atoms with Gasteiger partial charge in [-0.05, 0) is 0 Å². The number of anilines is 1. The molecular weight excluding hydrogens is 254 g/mol. The van der Waals surface area contributed by atoms with Gasteiger partial charge in [-0.25, -0.2) is 4.79 Å². The van der Waals surface area contributed by atoms with Crippen molar-refractivity contribution in [3.8, 4) is 11.5 Å². The third kappa shape index (κ3) is 1.90. The van der Waals surface area contributed by atoms with Crippen molar-refractivity contribution in [2.75, 3.05) is 12.8 Å². The van der Waals surface area contributed by atoms with Crippen LogP contribution in [-0.2, 0) is 0 Å². The third-order valence-electron chi connectivity index (χ3n) is 1.65. The van der Waals surface area contributed by atoms with Crippen LogP contribution in [0.2, 0.25) is 0 Å². The zero-order chi connectivity index (χ0) is 10.7. The van der Waals surface area contributed by atoms with Crippen LogP contribution in [0.5, 0.6) is 11.5 Å². The fraction of sp³-hybridized carbons (Fsp3) is 0.125. The zero-order valence-electron chi connectivity index (χ0n) is 7.28. The number of halogens is 1. The Morgan fingerprint density at radius 2 is 2.14 bits per heavy atom. The lowest BCUT2D eigenvalue weighted by Gasteiger charge is -2.08. The molecule has 0 heterocycles. The van der Waals surface area contributed by atoms with Crippen LogP contribution in [0, 0.1) is 0 Å². The maximum atomic E-state index is 10.7. The largest absolute Gasteiger partial charge is 0.493 e. The average Bonchev–Trinajstić information content (AvgIpc) is 2.16. The fourth-order valence-electron chi connectivity index (χ4n) is 0.981. The fourth-order valence-corrected chi connectivity index (χ4v) is 1.23. The molecule has 0 atom stereocenters. The standard InChI is InChI=1S/C8H8BrNO4/c1-13-6-2-4(8(11)12)5(10)3-7(6)14-9/h2-3H,10H2,1H3,(H,11,12). The predicted molar refractivity (Wildman–Crippen MR) is 53.9 cm³/mol. The summed E-state index contributed by atoms with van der Waals surface area (Å²) in [5.74, 6) is -0.481. The van der Waals surface area contributed by atoms with E-state index in [4.69, 9.17) is 19.4 Å². The summed E-state index contributed by atoms with van der Waals surface area (Å²) >= 11 is 2.76. The van der Waals surface area contributed by atoms with Gasteiger partial charge in [0.05, 0.1) is 18.4 Å². The second kappa shape index (κ2) is 4.19. The van der Waals surface area contributed by atoms with Crippen molar-refractivity contribution < 1.29 is 18.5 Å². The predicted octanol–water partition coefficient (Wildman–Crippen LogP) is 1.66. The van der Waals surface area contributed by atoms with Gasteiger partial charge in [0.1, 0.15) is 0 Å². The molecule has 0 aliphatic heterocycles. The molecule has 0 bridgehead atoms. The minimum Gasteiger partial charge on any atom is -0.493 e. The Hall–Kier alpha value is -1.43. The number of rotatable bonds is 3. The van der Waals surface area contributed by atoms with Crippen molar-refractivity contribution in [3.05, 3.63) is 17.7 Å². The van der Waals surface area contributed by atoms with Gasteiger partial charge in [0.15, 0.2) is 27.8 Å². The van der Waals surface area contributed by atoms with E-state index in [1.807, 2.05) is 0 Å². The number of nitrogen functional groups attached to an aromatic ring is 1. The molecule has 0 amide bonds. The normalized spacial score (nSPS) is 9.57. The number of nitrogens with two attached hydrogens (primary N) is 1. The molecule has 1 aromatic rings. The van der Waals surface area contributed by atoms with Crippen LogP contribution in [-0.4, -0.2) is 18.2 Å². The number of ether oxygens (including phenoxy) is 1. The molecule has 0 saturated heterocycles. The van der Waals surface area contributed by atoms with Crippen molar-refractivity contribution in [2.24, 2.45) is 0 Å². The van der Waals surface area contributed by atoms with Gasteiger partial charge in [-0.1, -0.05) is 0 Å². The lowest BCUT2D eigenvalue weighted by molar-refractivity contribution is 0.0697. The number of carboxylic acid groups (broad SMARTS) is 1. The quantitative estimate of drug-likeness (QED) is 0.809. The molecule has 1 aromatic carbocycles. The van der Waals surface area contributed by atoms with E-state index in [9.17, 15) is 4.79 Å². The van der Waals surface area contributed by atoms with Gasteiger partial charge in [0.2, 0.25) is 0 Å². The first-order chi connectivity index (χ1) is 6.60. The zero-order valence-corrected chi connectivity index (χ0v) is 8.87. The van der Waals surface area contributed by atoms with E-state index in [1.165, 1.54) is 19.2 Å². The highest BCUT2D eigenvalue weighted by Crippen LogP contribution is 2.33. The maximum Gasteiger partial charge on any atom is 0.337 e. The molecule has 0 saturated carbocycles. The first-order valence-electron chi connectivity index (χ1n) is 3.59. The van der Waals surface area contributed by atoms with E-state index < -0.39 is 5.97 Å². The highest BCUT2D eigenvalue weighted by atomic mass is 79.9. The Balaban J connectivity index is 3.30. The van der Waals surface area contributed by atoms with Crippen LogP contribution in [0.3, 0.4) is 0 Å². The topological polar surface area (TPSA) is 81.8 Å². The molecule has 0 unspecified atom stereocenters. The highest BCUT2D eigenvalue weighted by molar-refractivity contribution is 9.06. The Morgan fingerprint density at radius 3 is 2.57 bits per heavy atom. The van der Waals surface area contributed by atoms with Gasteiger partial charge in [-0.2, -0.15) is 0 Å². The van der Waals surface area contributed by atoms with Gasteiger partial charge < -0.3 is 19.4 Å². The van der Waals surface area contributed by atoms with Crippen LogP contribution in [0.25, 0.3) is 0 Å². The molecule has 14 heavy (non-hydrogen) atoms. The van der Waals surface area contributed by atoms with Crippen LogP contribution in [0.15, 0.2) is 12.1 Å². The van der Waals surface area contributed by atoms with E-state index in [0.717, 1.165) is 0 Å². The molecule has 0 aliphatic carbocycles. The van der Waals surface area contributed by atoms with Crippen molar-refractivity contribution in [3.63, 3.8) is 0 Å². The minimum absolute atomic E-state index is 0.0184. The van der Waals surface area contributed by atoms with Crippen LogP contribution >= 0.6 is 16.3 Å². The summed E-state index contributed by atoms with van der Waals surface area (Å²) in [6, 6.07) is 2.67. The van der Waals surface area contributed by atoms with E-state index in [0.29, 0.717) is 11.5 Å². The molecular formula is C8H8BrNO4. The summed E-state index contributed by atoms with van der Waals surface area (Å²) in [5.41, 5.74) is 5.58. The smallest absolute Gasteiger partial charge is 0.337 e. The van der Waals surface area contributed by atoms with Gasteiger partial charge in [0.25, 0.3) is 0 Å².